The van der Waals surface area contributed by atoms with Gasteiger partial charge in [-0.25, -0.2) is 17.5 Å². The Morgan fingerprint density at radius 3 is 2.10 bits per heavy atom. The zero-order chi connectivity index (χ0) is 22.8. The number of carbonyl (C=O) groups is 1. The molecule has 1 heterocycles. The summed E-state index contributed by atoms with van der Waals surface area (Å²) in [5, 5.41) is 4.08. The van der Waals surface area contributed by atoms with Crippen LogP contribution in [0.15, 0.2) is 18.2 Å². The normalized spacial score (nSPS) is 23.7. The maximum absolute atomic E-state index is 12.8. The molecule has 0 bridgehead atoms. The summed E-state index contributed by atoms with van der Waals surface area (Å²) in [4.78, 5) is 14.5. The molecule has 1 aromatic carbocycles. The van der Waals surface area contributed by atoms with E-state index in [1.54, 1.807) is 29.1 Å². The second kappa shape index (κ2) is 10.3. The Hall–Kier alpha value is -1.02. The molecule has 1 N–H and O–H groups in total. The Labute approximate surface area is 196 Å². The van der Waals surface area contributed by atoms with E-state index in [2.05, 4.69) is 5.32 Å². The molecule has 0 spiro atoms. The van der Waals surface area contributed by atoms with Crippen LogP contribution in [0.1, 0.15) is 63.9 Å². The highest BCUT2D eigenvalue weighted by molar-refractivity contribution is 7.89. The lowest BCUT2D eigenvalue weighted by atomic mass is 9.82. The molecule has 6 nitrogen and oxygen atoms in total. The molecule has 2 amide bonds. The van der Waals surface area contributed by atoms with Crippen molar-refractivity contribution in [3.63, 3.8) is 0 Å². The molecule has 1 aliphatic heterocycles. The van der Waals surface area contributed by atoms with Crippen LogP contribution >= 0.6 is 23.2 Å². The number of hydrogen-bond donors (Lipinski definition) is 1. The molecule has 0 aromatic heterocycles. The van der Waals surface area contributed by atoms with Crippen LogP contribution in [0.5, 0.6) is 0 Å². The lowest BCUT2D eigenvalue weighted by Crippen LogP contribution is -2.52. The smallest absolute Gasteiger partial charge is 0.317 e. The number of carbonyl (C=O) groups excluding carboxylic acids is 1. The van der Waals surface area contributed by atoms with Gasteiger partial charge in [0.15, 0.2) is 0 Å². The third-order valence-electron chi connectivity index (χ3n) is 6.66. The SMILES string of the molecule is CC(C)S(=O)(=O)N1CCC(N(C)C(=O)N[C@H]2CC[C@H](c3cc(Cl)cc(Cl)c3)CC2)CC1. The van der Waals surface area contributed by atoms with Crippen molar-refractivity contribution in [1.82, 2.24) is 14.5 Å². The zero-order valence-corrected chi connectivity index (χ0v) is 20.8. The molecule has 9 heteroatoms. The zero-order valence-electron chi connectivity index (χ0n) is 18.5. The molecule has 174 valence electrons. The van der Waals surface area contributed by atoms with Gasteiger partial charge in [0, 0.05) is 42.3 Å². The van der Waals surface area contributed by atoms with E-state index in [4.69, 9.17) is 23.2 Å². The van der Waals surface area contributed by atoms with Crippen molar-refractivity contribution >= 4 is 39.3 Å². The molecular formula is C22H33Cl2N3O3S. The second-order valence-corrected chi connectivity index (χ2v) is 12.4. The van der Waals surface area contributed by atoms with E-state index in [0.29, 0.717) is 41.9 Å². The summed E-state index contributed by atoms with van der Waals surface area (Å²) >= 11 is 12.3. The minimum Gasteiger partial charge on any atom is -0.335 e. The van der Waals surface area contributed by atoms with E-state index in [0.717, 1.165) is 25.7 Å². The van der Waals surface area contributed by atoms with Gasteiger partial charge in [0.05, 0.1) is 5.25 Å². The Balaban J connectivity index is 1.47. The fraction of sp³-hybridized carbons (Fsp3) is 0.682. The van der Waals surface area contributed by atoms with Gasteiger partial charge in [-0.2, -0.15) is 0 Å². The van der Waals surface area contributed by atoms with Gasteiger partial charge in [-0.15, -0.1) is 0 Å². The van der Waals surface area contributed by atoms with E-state index >= 15 is 0 Å². The van der Waals surface area contributed by atoms with Gasteiger partial charge in [-0.1, -0.05) is 23.2 Å². The van der Waals surface area contributed by atoms with Crippen LogP contribution in [-0.4, -0.2) is 61.1 Å². The van der Waals surface area contributed by atoms with Crippen LogP contribution in [0.4, 0.5) is 4.79 Å². The number of nitrogens with zero attached hydrogens (tertiary/aromatic N) is 2. The standard InChI is InChI=1S/C22H33Cl2N3O3S/c1-15(2)31(29,30)27-10-8-21(9-11-27)26(3)22(28)25-20-6-4-16(5-7-20)17-12-18(23)14-19(24)13-17/h12-16,20-21H,4-11H2,1-3H3,(H,25,28)/t16-,20-. The first-order valence-electron chi connectivity index (χ1n) is 11.1. The van der Waals surface area contributed by atoms with Gasteiger partial charge >= 0.3 is 6.03 Å². The summed E-state index contributed by atoms with van der Waals surface area (Å²) < 4.78 is 26.2. The van der Waals surface area contributed by atoms with E-state index in [1.165, 1.54) is 5.56 Å². The van der Waals surface area contributed by atoms with E-state index in [1.807, 2.05) is 19.2 Å². The van der Waals surface area contributed by atoms with Gasteiger partial charge in [0.25, 0.3) is 0 Å². The van der Waals surface area contributed by atoms with Crippen LogP contribution in [0.2, 0.25) is 10.0 Å². The number of halogens is 2. The van der Waals surface area contributed by atoms with Gasteiger partial charge in [-0.05, 0) is 82.1 Å². The molecule has 0 radical (unpaired) electrons. The minimum atomic E-state index is -3.23. The predicted octanol–water partition coefficient (Wildman–Crippen LogP) is 4.86. The summed E-state index contributed by atoms with van der Waals surface area (Å²) in [7, 11) is -1.42. The predicted molar refractivity (Wildman–Crippen MR) is 126 cm³/mol. The van der Waals surface area contributed by atoms with Crippen molar-refractivity contribution in [3.8, 4) is 0 Å². The number of sulfonamides is 1. The van der Waals surface area contributed by atoms with Crippen molar-refractivity contribution in [3.05, 3.63) is 33.8 Å². The molecule has 2 aliphatic rings. The van der Waals surface area contributed by atoms with Gasteiger partial charge in [0.1, 0.15) is 0 Å². The van der Waals surface area contributed by atoms with Crippen LogP contribution in [0, 0.1) is 0 Å². The number of benzene rings is 1. The Kier molecular flexibility index (Phi) is 8.16. The summed E-state index contributed by atoms with van der Waals surface area (Å²) in [5.41, 5.74) is 1.17. The monoisotopic (exact) mass is 489 g/mol. The highest BCUT2D eigenvalue weighted by Crippen LogP contribution is 2.35. The fourth-order valence-corrected chi connectivity index (χ4v) is 6.47. The van der Waals surface area contributed by atoms with E-state index in [9.17, 15) is 13.2 Å². The number of nitrogens with one attached hydrogen (secondary N) is 1. The summed E-state index contributed by atoms with van der Waals surface area (Å²) in [5.74, 6) is 0.411. The first-order chi connectivity index (χ1) is 14.6. The van der Waals surface area contributed by atoms with Gasteiger partial charge in [-0.3, -0.25) is 0 Å². The Bertz CT molecular complexity index is 858. The van der Waals surface area contributed by atoms with Gasteiger partial charge in [0.2, 0.25) is 10.0 Å². The summed E-state index contributed by atoms with van der Waals surface area (Å²) in [6.45, 7) is 4.35. The van der Waals surface area contributed by atoms with Crippen molar-refractivity contribution in [2.24, 2.45) is 0 Å². The van der Waals surface area contributed by atoms with Crippen molar-refractivity contribution in [1.29, 1.82) is 0 Å². The van der Waals surface area contributed by atoms with Crippen LogP contribution < -0.4 is 5.32 Å². The second-order valence-electron chi connectivity index (χ2n) is 9.04. The lowest BCUT2D eigenvalue weighted by molar-refractivity contribution is 0.157. The molecule has 1 saturated carbocycles. The van der Waals surface area contributed by atoms with Gasteiger partial charge < -0.3 is 10.2 Å². The average Bonchev–Trinajstić information content (AvgIpc) is 2.73. The van der Waals surface area contributed by atoms with Crippen LogP contribution in [0.3, 0.4) is 0 Å². The number of rotatable bonds is 5. The largest absolute Gasteiger partial charge is 0.335 e. The highest BCUT2D eigenvalue weighted by atomic mass is 35.5. The molecule has 0 unspecified atom stereocenters. The van der Waals surface area contributed by atoms with E-state index in [-0.39, 0.29) is 18.1 Å². The molecule has 1 aliphatic carbocycles. The quantitative estimate of drug-likeness (QED) is 0.641. The number of amides is 2. The number of piperidine rings is 1. The maximum Gasteiger partial charge on any atom is 0.317 e. The molecular weight excluding hydrogens is 457 g/mol. The average molecular weight is 490 g/mol. The third-order valence-corrected chi connectivity index (χ3v) is 9.37. The molecule has 1 saturated heterocycles. The lowest BCUT2D eigenvalue weighted by Gasteiger charge is -2.38. The minimum absolute atomic E-state index is 0.0588. The first kappa shape index (κ1) is 24.6. The van der Waals surface area contributed by atoms with E-state index < -0.39 is 15.3 Å². The fourth-order valence-electron chi connectivity index (χ4n) is 4.61. The van der Waals surface area contributed by atoms with Crippen molar-refractivity contribution < 1.29 is 13.2 Å². The van der Waals surface area contributed by atoms with Crippen molar-refractivity contribution in [2.45, 2.75) is 75.6 Å². The highest BCUT2D eigenvalue weighted by Gasteiger charge is 2.33. The van der Waals surface area contributed by atoms with Crippen LogP contribution in [-0.2, 0) is 10.0 Å². The molecule has 2 fully saturated rings. The van der Waals surface area contributed by atoms with Crippen LogP contribution in [0.25, 0.3) is 0 Å². The van der Waals surface area contributed by atoms with Crippen molar-refractivity contribution in [2.75, 3.05) is 20.1 Å². The Morgan fingerprint density at radius 2 is 1.58 bits per heavy atom. The summed E-state index contributed by atoms with van der Waals surface area (Å²) in [6.07, 6.45) is 5.13. The molecule has 1 aromatic rings. The number of urea groups is 1. The molecule has 0 atom stereocenters. The first-order valence-corrected chi connectivity index (χ1v) is 13.3. The topological polar surface area (TPSA) is 69.7 Å². The molecule has 3 rings (SSSR count). The summed E-state index contributed by atoms with van der Waals surface area (Å²) in [6, 6.07) is 5.86. The number of hydrogen-bond acceptors (Lipinski definition) is 3. The third kappa shape index (κ3) is 6.06. The molecule has 31 heavy (non-hydrogen) atoms. The maximum atomic E-state index is 12.8. The Morgan fingerprint density at radius 1 is 1.03 bits per heavy atom.